The molecule has 2 unspecified atom stereocenters. The molecule has 184 valence electrons. The molecule has 1 heterocycles. The number of fused-ring (bicyclic) bond motifs is 3. The SMILES string of the molecule is CC(C)(N)c1ccc(COC(=O)C23CCC(NCC(=O)N4CC(F)CC4C#N)(CC2)CC3)cc1. The number of benzene rings is 1. The molecule has 0 aromatic heterocycles. The first-order valence-electron chi connectivity index (χ1n) is 12.2. The third-order valence-electron chi connectivity index (χ3n) is 8.08. The summed E-state index contributed by atoms with van der Waals surface area (Å²) in [6.45, 7) is 4.24. The van der Waals surface area contributed by atoms with E-state index in [1.54, 1.807) is 0 Å². The maximum absolute atomic E-state index is 13.7. The number of nitrogens with two attached hydrogens (primary N) is 1. The Morgan fingerprint density at radius 1 is 1.21 bits per heavy atom. The topological polar surface area (TPSA) is 108 Å². The summed E-state index contributed by atoms with van der Waals surface area (Å²) >= 11 is 0. The van der Waals surface area contributed by atoms with Gasteiger partial charge in [-0.3, -0.25) is 9.59 Å². The van der Waals surface area contributed by atoms with Crippen LogP contribution in [0, 0.1) is 16.7 Å². The molecule has 3 saturated carbocycles. The predicted molar refractivity (Wildman–Crippen MR) is 125 cm³/mol. The third kappa shape index (κ3) is 4.96. The van der Waals surface area contributed by atoms with Gasteiger partial charge in [-0.2, -0.15) is 5.26 Å². The number of nitrogens with one attached hydrogen (secondary N) is 1. The van der Waals surface area contributed by atoms with Gasteiger partial charge in [0.15, 0.2) is 0 Å². The fourth-order valence-corrected chi connectivity index (χ4v) is 5.64. The van der Waals surface area contributed by atoms with Crippen LogP contribution in [0.4, 0.5) is 4.39 Å². The summed E-state index contributed by atoms with van der Waals surface area (Å²) in [5.41, 5.74) is 7.05. The molecule has 34 heavy (non-hydrogen) atoms. The monoisotopic (exact) mass is 470 g/mol. The van der Waals surface area contributed by atoms with Crippen molar-refractivity contribution in [2.45, 2.75) is 88.7 Å². The van der Waals surface area contributed by atoms with E-state index in [-0.39, 0.29) is 43.5 Å². The summed E-state index contributed by atoms with van der Waals surface area (Å²) in [5.74, 6) is -0.366. The highest BCUT2D eigenvalue weighted by Crippen LogP contribution is 2.53. The van der Waals surface area contributed by atoms with E-state index in [1.165, 1.54) is 4.90 Å². The summed E-state index contributed by atoms with van der Waals surface area (Å²) < 4.78 is 19.4. The van der Waals surface area contributed by atoms with Gasteiger partial charge in [-0.1, -0.05) is 24.3 Å². The van der Waals surface area contributed by atoms with Crippen molar-refractivity contribution in [1.29, 1.82) is 5.26 Å². The van der Waals surface area contributed by atoms with Gasteiger partial charge in [-0.15, -0.1) is 0 Å². The molecule has 7 nitrogen and oxygen atoms in total. The van der Waals surface area contributed by atoms with Crippen molar-refractivity contribution in [1.82, 2.24) is 10.2 Å². The number of carbonyl (C=O) groups excluding carboxylic acids is 2. The Bertz CT molecular complexity index is 941. The van der Waals surface area contributed by atoms with Gasteiger partial charge in [0, 0.05) is 17.5 Å². The van der Waals surface area contributed by atoms with E-state index in [4.69, 9.17) is 10.5 Å². The lowest BCUT2D eigenvalue weighted by Crippen LogP contribution is -2.58. The van der Waals surface area contributed by atoms with Gasteiger partial charge in [-0.05, 0) is 63.5 Å². The zero-order valence-electron chi connectivity index (χ0n) is 20.1. The second-order valence-corrected chi connectivity index (χ2v) is 10.9. The van der Waals surface area contributed by atoms with Crippen molar-refractivity contribution in [2.75, 3.05) is 13.1 Å². The molecule has 1 aromatic rings. The lowest BCUT2D eigenvalue weighted by atomic mass is 9.57. The van der Waals surface area contributed by atoms with Gasteiger partial charge in [0.2, 0.25) is 5.91 Å². The molecule has 0 spiro atoms. The number of ether oxygens (including phenoxy) is 1. The van der Waals surface area contributed by atoms with E-state index in [9.17, 15) is 19.2 Å². The van der Waals surface area contributed by atoms with Crippen molar-refractivity contribution in [3.63, 3.8) is 0 Å². The zero-order chi connectivity index (χ0) is 24.6. The molecule has 2 bridgehead atoms. The molecule has 3 N–H and O–H groups in total. The number of alkyl halides is 1. The number of hydrogen-bond acceptors (Lipinski definition) is 6. The van der Waals surface area contributed by atoms with E-state index < -0.39 is 23.2 Å². The molecule has 8 heteroatoms. The van der Waals surface area contributed by atoms with Crippen LogP contribution in [0.2, 0.25) is 0 Å². The van der Waals surface area contributed by atoms with Gasteiger partial charge in [0.05, 0.1) is 24.6 Å². The minimum atomic E-state index is -1.13. The average Bonchev–Trinajstić information content (AvgIpc) is 3.22. The highest BCUT2D eigenvalue weighted by atomic mass is 19.1. The molecular weight excluding hydrogens is 435 g/mol. The van der Waals surface area contributed by atoms with Crippen LogP contribution >= 0.6 is 0 Å². The van der Waals surface area contributed by atoms with Crippen LogP contribution in [0.15, 0.2) is 24.3 Å². The summed E-state index contributed by atoms with van der Waals surface area (Å²) in [6, 6.07) is 9.19. The smallest absolute Gasteiger partial charge is 0.312 e. The minimum Gasteiger partial charge on any atom is -0.460 e. The van der Waals surface area contributed by atoms with Gasteiger partial charge in [-0.25, -0.2) is 4.39 Å². The van der Waals surface area contributed by atoms with E-state index in [0.29, 0.717) is 0 Å². The summed E-state index contributed by atoms with van der Waals surface area (Å²) in [4.78, 5) is 27.0. The maximum Gasteiger partial charge on any atom is 0.312 e. The Morgan fingerprint density at radius 2 is 1.82 bits per heavy atom. The van der Waals surface area contributed by atoms with Gasteiger partial charge in [0.25, 0.3) is 0 Å². The van der Waals surface area contributed by atoms with Crippen LogP contribution in [-0.2, 0) is 26.5 Å². The Labute approximate surface area is 200 Å². The number of likely N-dealkylation sites (tertiary alicyclic amines) is 1. The normalized spacial score (nSPS) is 30.7. The number of rotatable bonds is 7. The second kappa shape index (κ2) is 9.27. The molecule has 4 aliphatic rings. The van der Waals surface area contributed by atoms with Crippen LogP contribution in [-0.4, -0.2) is 47.6 Å². The second-order valence-electron chi connectivity index (χ2n) is 10.9. The molecule has 1 aliphatic heterocycles. The Balaban J connectivity index is 1.27. The first-order valence-corrected chi connectivity index (χ1v) is 12.2. The third-order valence-corrected chi connectivity index (χ3v) is 8.08. The number of hydrogen-bond donors (Lipinski definition) is 2. The van der Waals surface area contributed by atoms with Crippen LogP contribution in [0.25, 0.3) is 0 Å². The number of halogens is 1. The largest absolute Gasteiger partial charge is 0.460 e. The van der Waals surface area contributed by atoms with Crippen LogP contribution in [0.1, 0.15) is 69.9 Å². The molecule has 0 radical (unpaired) electrons. The van der Waals surface area contributed by atoms with E-state index in [1.807, 2.05) is 44.2 Å². The van der Waals surface area contributed by atoms with Crippen molar-refractivity contribution in [2.24, 2.45) is 11.1 Å². The fourth-order valence-electron chi connectivity index (χ4n) is 5.64. The zero-order valence-corrected chi connectivity index (χ0v) is 20.1. The molecule has 1 saturated heterocycles. The number of nitrogens with zero attached hydrogens (tertiary/aromatic N) is 2. The Kier molecular flexibility index (Phi) is 6.71. The summed E-state index contributed by atoms with van der Waals surface area (Å²) in [6.07, 6.45) is 3.52. The molecule has 2 atom stereocenters. The number of amides is 1. The standard InChI is InChI=1S/C26H35FN4O3/c1-24(2,29)19-5-3-18(4-6-19)17-34-23(33)25-7-10-26(11-8-25,12-9-25)30-15-22(32)31-16-20(27)13-21(31)14-28/h3-6,20-21,30H,7-13,15-17,29H2,1-2H3. The van der Waals surface area contributed by atoms with Crippen LogP contribution in [0.5, 0.6) is 0 Å². The van der Waals surface area contributed by atoms with Crippen molar-refractivity contribution < 1.29 is 18.7 Å². The first-order chi connectivity index (χ1) is 16.1. The Morgan fingerprint density at radius 3 is 2.38 bits per heavy atom. The number of nitriles is 1. The Hall–Kier alpha value is -2.50. The fraction of sp³-hybridized carbons (Fsp3) is 0.654. The molecule has 3 aliphatic carbocycles. The maximum atomic E-state index is 13.7. The quantitative estimate of drug-likeness (QED) is 0.593. The number of carbonyl (C=O) groups is 2. The van der Waals surface area contributed by atoms with Crippen LogP contribution in [0.3, 0.4) is 0 Å². The van der Waals surface area contributed by atoms with Gasteiger partial charge >= 0.3 is 5.97 Å². The van der Waals surface area contributed by atoms with Gasteiger partial charge < -0.3 is 20.7 Å². The average molecular weight is 471 g/mol. The minimum absolute atomic E-state index is 0.00655. The highest BCUT2D eigenvalue weighted by Gasteiger charge is 2.53. The van der Waals surface area contributed by atoms with Gasteiger partial charge in [0.1, 0.15) is 18.8 Å². The van der Waals surface area contributed by atoms with Crippen LogP contribution < -0.4 is 11.1 Å². The summed E-state index contributed by atoms with van der Waals surface area (Å²) in [5, 5.41) is 12.6. The molecule has 4 fully saturated rings. The molecular formula is C26H35FN4O3. The van der Waals surface area contributed by atoms with E-state index in [2.05, 4.69) is 5.32 Å². The molecule has 1 aromatic carbocycles. The van der Waals surface area contributed by atoms with E-state index in [0.717, 1.165) is 49.7 Å². The predicted octanol–water partition coefficient (Wildman–Crippen LogP) is 3.07. The molecule has 1 amide bonds. The lowest BCUT2D eigenvalue weighted by molar-refractivity contribution is -0.165. The highest BCUT2D eigenvalue weighted by molar-refractivity contribution is 5.80. The lowest BCUT2D eigenvalue weighted by Gasteiger charge is -2.52. The molecule has 5 rings (SSSR count). The number of esters is 1. The summed E-state index contributed by atoms with van der Waals surface area (Å²) in [7, 11) is 0. The van der Waals surface area contributed by atoms with Crippen molar-refractivity contribution >= 4 is 11.9 Å². The van der Waals surface area contributed by atoms with Crippen molar-refractivity contribution in [3.8, 4) is 6.07 Å². The van der Waals surface area contributed by atoms with E-state index >= 15 is 0 Å². The first kappa shape index (κ1) is 24.6. The van der Waals surface area contributed by atoms with Crippen molar-refractivity contribution in [3.05, 3.63) is 35.4 Å².